The van der Waals surface area contributed by atoms with Crippen molar-refractivity contribution in [2.45, 2.75) is 6.42 Å². The van der Waals surface area contributed by atoms with Crippen LogP contribution in [0.1, 0.15) is 5.56 Å². The first-order valence-corrected chi connectivity index (χ1v) is 7.35. The van der Waals surface area contributed by atoms with Gasteiger partial charge in [0.05, 0.1) is 5.69 Å². The van der Waals surface area contributed by atoms with Crippen LogP contribution < -0.4 is 15.4 Å². The Morgan fingerprint density at radius 2 is 1.80 bits per heavy atom. The number of ether oxygens (including phenoxy) is 1. The minimum absolute atomic E-state index is 0.182. The van der Waals surface area contributed by atoms with Gasteiger partial charge in [0, 0.05) is 6.54 Å². The smallest absolute Gasteiger partial charge is 0.319 e. The number of urea groups is 1. The molecule has 2 amide bonds. The number of amides is 2. The van der Waals surface area contributed by atoms with Crippen LogP contribution in [0.15, 0.2) is 36.4 Å². The molecule has 0 radical (unpaired) electrons. The first-order valence-electron chi connectivity index (χ1n) is 7.35. The van der Waals surface area contributed by atoms with E-state index in [1.807, 2.05) is 12.1 Å². The van der Waals surface area contributed by atoms with Crippen molar-refractivity contribution in [3.63, 3.8) is 0 Å². The van der Waals surface area contributed by atoms with Crippen LogP contribution in [-0.4, -0.2) is 19.2 Å². The molecule has 7 heteroatoms. The van der Waals surface area contributed by atoms with Crippen molar-refractivity contribution in [3.05, 3.63) is 59.4 Å². The molecular weight excluding hydrogens is 333 g/mol. The Balaban J connectivity index is 1.81. The number of halogens is 3. The van der Waals surface area contributed by atoms with Crippen LogP contribution in [0.4, 0.5) is 23.7 Å². The second-order valence-corrected chi connectivity index (χ2v) is 4.99. The Bertz CT molecular complexity index is 786. The molecular formula is C18H15F3N2O2. The molecule has 0 spiro atoms. The quantitative estimate of drug-likeness (QED) is 0.620. The van der Waals surface area contributed by atoms with Crippen molar-refractivity contribution in [3.8, 4) is 18.1 Å². The third-order valence-corrected chi connectivity index (χ3v) is 3.23. The molecule has 0 heterocycles. The number of anilines is 1. The van der Waals surface area contributed by atoms with Crippen LogP contribution in [0, 0.1) is 29.8 Å². The lowest BCUT2D eigenvalue weighted by Gasteiger charge is -2.09. The Morgan fingerprint density at radius 1 is 1.08 bits per heavy atom. The van der Waals surface area contributed by atoms with E-state index >= 15 is 0 Å². The van der Waals surface area contributed by atoms with Gasteiger partial charge in [-0.15, -0.1) is 6.42 Å². The normalized spacial score (nSPS) is 10.0. The van der Waals surface area contributed by atoms with Crippen LogP contribution in [0.5, 0.6) is 5.75 Å². The maximum Gasteiger partial charge on any atom is 0.319 e. The molecule has 0 bridgehead atoms. The van der Waals surface area contributed by atoms with E-state index in [9.17, 15) is 18.0 Å². The molecule has 0 aromatic heterocycles. The van der Waals surface area contributed by atoms with Gasteiger partial charge in [0.15, 0.2) is 17.5 Å². The summed E-state index contributed by atoms with van der Waals surface area (Å²) in [5, 5.41) is 4.63. The number of carbonyl (C=O) groups excluding carboxylic acids is 1. The van der Waals surface area contributed by atoms with Gasteiger partial charge in [-0.3, -0.25) is 0 Å². The molecule has 0 aliphatic rings. The van der Waals surface area contributed by atoms with Crippen molar-refractivity contribution < 1.29 is 22.7 Å². The number of terminal acetylenes is 1. The molecule has 2 rings (SSSR count). The number of hydrogen-bond donors (Lipinski definition) is 2. The van der Waals surface area contributed by atoms with Crippen molar-refractivity contribution in [2.24, 2.45) is 0 Å². The average Bonchev–Trinajstić information content (AvgIpc) is 2.61. The zero-order valence-corrected chi connectivity index (χ0v) is 13.1. The lowest BCUT2D eigenvalue weighted by molar-refractivity contribution is 0.252. The summed E-state index contributed by atoms with van der Waals surface area (Å²) in [4.78, 5) is 11.7. The molecule has 0 unspecified atom stereocenters. The molecule has 2 N–H and O–H groups in total. The summed E-state index contributed by atoms with van der Waals surface area (Å²) in [5.74, 6) is -1.40. The summed E-state index contributed by atoms with van der Waals surface area (Å²) in [6, 6.07) is 8.10. The predicted molar refractivity (Wildman–Crippen MR) is 87.8 cm³/mol. The van der Waals surface area contributed by atoms with E-state index in [1.165, 1.54) is 0 Å². The van der Waals surface area contributed by atoms with E-state index in [0.717, 1.165) is 17.7 Å². The first-order chi connectivity index (χ1) is 12.0. The highest BCUT2D eigenvalue weighted by molar-refractivity contribution is 5.89. The second kappa shape index (κ2) is 8.64. The van der Waals surface area contributed by atoms with Gasteiger partial charge in [-0.05, 0) is 36.2 Å². The van der Waals surface area contributed by atoms with Gasteiger partial charge in [-0.25, -0.2) is 18.0 Å². The maximum absolute atomic E-state index is 13.5. The number of benzene rings is 2. The predicted octanol–water partition coefficient (Wildman–Crippen LogP) is 3.48. The van der Waals surface area contributed by atoms with Crippen molar-refractivity contribution in [2.75, 3.05) is 18.5 Å². The number of carbonyl (C=O) groups is 1. The van der Waals surface area contributed by atoms with Crippen molar-refractivity contribution in [1.29, 1.82) is 0 Å². The Labute approximate surface area is 143 Å². The van der Waals surface area contributed by atoms with Crippen LogP contribution >= 0.6 is 0 Å². The monoisotopic (exact) mass is 348 g/mol. The van der Waals surface area contributed by atoms with E-state index in [1.54, 1.807) is 12.1 Å². The molecule has 4 nitrogen and oxygen atoms in total. The third-order valence-electron chi connectivity index (χ3n) is 3.23. The topological polar surface area (TPSA) is 50.4 Å². The minimum Gasteiger partial charge on any atom is -0.481 e. The third kappa shape index (κ3) is 5.18. The fourth-order valence-corrected chi connectivity index (χ4v) is 1.99. The summed E-state index contributed by atoms with van der Waals surface area (Å²) in [5.41, 5.74) is 0.499. The number of rotatable bonds is 6. The molecule has 0 atom stereocenters. The molecule has 0 fully saturated rings. The van der Waals surface area contributed by atoms with Crippen LogP contribution in [0.25, 0.3) is 0 Å². The summed E-state index contributed by atoms with van der Waals surface area (Å²) < 4.78 is 44.6. The van der Waals surface area contributed by atoms with Gasteiger partial charge < -0.3 is 15.4 Å². The summed E-state index contributed by atoms with van der Waals surface area (Å²) >= 11 is 0. The van der Waals surface area contributed by atoms with Gasteiger partial charge in [0.2, 0.25) is 0 Å². The van der Waals surface area contributed by atoms with Gasteiger partial charge in [0.25, 0.3) is 0 Å². The Morgan fingerprint density at radius 3 is 2.48 bits per heavy atom. The SMILES string of the molecule is C#CCOc1ccc(CCNC(=O)Nc2ccc(F)c(F)c2F)cc1. The Hall–Kier alpha value is -3.14. The van der Waals surface area contributed by atoms with Crippen LogP contribution in [0.2, 0.25) is 0 Å². The molecule has 0 aliphatic carbocycles. The highest BCUT2D eigenvalue weighted by Gasteiger charge is 2.14. The van der Waals surface area contributed by atoms with E-state index in [-0.39, 0.29) is 13.2 Å². The molecule has 0 saturated heterocycles. The number of hydrogen-bond acceptors (Lipinski definition) is 2. The largest absolute Gasteiger partial charge is 0.481 e. The van der Waals surface area contributed by atoms with E-state index in [2.05, 4.69) is 16.6 Å². The molecule has 2 aromatic rings. The van der Waals surface area contributed by atoms with Crippen LogP contribution in [-0.2, 0) is 6.42 Å². The van der Waals surface area contributed by atoms with E-state index in [4.69, 9.17) is 11.2 Å². The van der Waals surface area contributed by atoms with Gasteiger partial charge in [-0.1, -0.05) is 18.1 Å². The minimum atomic E-state index is -1.63. The standard InChI is InChI=1S/C18H15F3N2O2/c1-2-11-25-13-5-3-12(4-6-13)9-10-22-18(24)23-15-8-7-14(19)16(20)17(15)21/h1,3-8H,9-11H2,(H2,22,23,24). The molecule has 0 saturated carbocycles. The van der Waals surface area contributed by atoms with Gasteiger partial charge in [-0.2, -0.15) is 0 Å². The zero-order chi connectivity index (χ0) is 18.2. The highest BCUT2D eigenvalue weighted by Crippen LogP contribution is 2.19. The van der Waals surface area contributed by atoms with E-state index < -0.39 is 29.2 Å². The summed E-state index contributed by atoms with van der Waals surface area (Å²) in [6.45, 7) is 0.448. The first kappa shape index (κ1) is 18.2. The second-order valence-electron chi connectivity index (χ2n) is 4.99. The van der Waals surface area contributed by atoms with Crippen molar-refractivity contribution >= 4 is 11.7 Å². The molecule has 2 aromatic carbocycles. The van der Waals surface area contributed by atoms with Crippen molar-refractivity contribution in [1.82, 2.24) is 5.32 Å². The van der Waals surface area contributed by atoms with Gasteiger partial charge in [0.1, 0.15) is 12.4 Å². The Kier molecular flexibility index (Phi) is 6.29. The van der Waals surface area contributed by atoms with Gasteiger partial charge >= 0.3 is 6.03 Å². The number of nitrogens with one attached hydrogen (secondary N) is 2. The molecule has 0 aliphatic heterocycles. The van der Waals surface area contributed by atoms with E-state index in [0.29, 0.717) is 12.2 Å². The fourth-order valence-electron chi connectivity index (χ4n) is 1.99. The molecule has 25 heavy (non-hydrogen) atoms. The maximum atomic E-state index is 13.5. The zero-order valence-electron chi connectivity index (χ0n) is 13.1. The van der Waals surface area contributed by atoms with Crippen LogP contribution in [0.3, 0.4) is 0 Å². The summed E-state index contributed by atoms with van der Waals surface area (Å²) in [7, 11) is 0. The average molecular weight is 348 g/mol. The fraction of sp³-hybridized carbons (Fsp3) is 0.167. The lowest BCUT2D eigenvalue weighted by Crippen LogP contribution is -2.30. The lowest BCUT2D eigenvalue weighted by atomic mass is 10.1. The molecule has 130 valence electrons. The highest BCUT2D eigenvalue weighted by atomic mass is 19.2. The summed E-state index contributed by atoms with van der Waals surface area (Å²) in [6.07, 6.45) is 5.61.